The zero-order chi connectivity index (χ0) is 9.00. The molecule has 0 aromatic carbocycles. The second kappa shape index (κ2) is 7.96. The van der Waals surface area contributed by atoms with Crippen LogP contribution >= 0.6 is 0 Å². The van der Waals surface area contributed by atoms with Crippen molar-refractivity contribution in [2.45, 2.75) is 0 Å². The fourth-order valence-corrected chi connectivity index (χ4v) is 0. The minimum atomic E-state index is -5.52. The Labute approximate surface area is 73.8 Å². The summed E-state index contributed by atoms with van der Waals surface area (Å²) in [7, 11) is 0. The van der Waals surface area contributed by atoms with Crippen molar-refractivity contribution < 1.29 is 67.6 Å². The molecule has 0 radical (unpaired) electrons. The predicted octanol–water partition coefficient (Wildman–Crippen LogP) is -3.37. The van der Waals surface area contributed by atoms with Crippen LogP contribution in [-0.2, 0) is 47.1 Å². The van der Waals surface area contributed by atoms with Gasteiger partial charge in [0, 0.05) is 0 Å². The fraction of sp³-hybridized carbons (Fsp3) is 0. The molecular formula is H9Mo2NO9. The van der Waals surface area contributed by atoms with Crippen molar-refractivity contribution in [3.8, 4) is 0 Å². The van der Waals surface area contributed by atoms with E-state index in [-0.39, 0.29) is 11.6 Å². The topological polar surface area (TPSA) is 216 Å². The zero-order valence-electron chi connectivity index (χ0n) is 5.45. The standard InChI is InChI=1S/2Mo.H3N.5H2O.4O/h;;1H3;5*1H2;;;;/q2*+2;;;;;;;;;;/p-4. The second-order valence-corrected chi connectivity index (χ2v) is 5.30. The molecule has 0 spiro atoms. The molecule has 0 heterocycles. The Bertz CT molecular complexity index is 209. The molecule has 0 saturated heterocycles. The van der Waals surface area contributed by atoms with E-state index < -0.39 is 33.5 Å². The van der Waals surface area contributed by atoms with Gasteiger partial charge in [-0.15, -0.1) is 0 Å². The Kier molecular flexibility index (Phi) is 15.1. The van der Waals surface area contributed by atoms with E-state index in [1.807, 2.05) is 0 Å². The van der Waals surface area contributed by atoms with Crippen molar-refractivity contribution >= 4 is 0 Å². The van der Waals surface area contributed by atoms with Gasteiger partial charge in [0.1, 0.15) is 0 Å². The molecule has 0 amide bonds. The van der Waals surface area contributed by atoms with Crippen LogP contribution in [0.2, 0.25) is 0 Å². The molecule has 0 aliphatic carbocycles. The van der Waals surface area contributed by atoms with Crippen LogP contribution in [0.4, 0.5) is 0 Å². The van der Waals surface area contributed by atoms with Gasteiger partial charge in [0.05, 0.1) is 0 Å². The van der Waals surface area contributed by atoms with Gasteiger partial charge >= 0.3 is 62.1 Å². The van der Waals surface area contributed by atoms with Crippen LogP contribution in [0.5, 0.6) is 0 Å². The molecule has 9 N–H and O–H groups in total. The molecule has 0 unspecified atom stereocenters. The van der Waals surface area contributed by atoms with Crippen LogP contribution in [0.25, 0.3) is 0 Å². The van der Waals surface area contributed by atoms with E-state index in [2.05, 4.69) is 0 Å². The van der Waals surface area contributed by atoms with Crippen LogP contribution in [0, 0.1) is 0 Å². The first-order chi connectivity index (χ1) is 4.00. The maximum absolute atomic E-state index is 8.85. The van der Waals surface area contributed by atoms with Gasteiger partial charge in [-0.1, -0.05) is 0 Å². The summed E-state index contributed by atoms with van der Waals surface area (Å²) in [5, 5.41) is 0. The first-order valence-electron chi connectivity index (χ1n) is 1.40. The molecule has 0 aromatic heterocycles. The Morgan fingerprint density at radius 3 is 0.667 bits per heavy atom. The normalized spacial score (nSPS) is 9.67. The summed E-state index contributed by atoms with van der Waals surface area (Å²) >= 11 is -11.0. The summed E-state index contributed by atoms with van der Waals surface area (Å²) in [6.45, 7) is 0. The first-order valence-corrected chi connectivity index (χ1v) is 8.26. The van der Waals surface area contributed by atoms with E-state index >= 15 is 0 Å². The molecule has 0 fully saturated rings. The third-order valence-corrected chi connectivity index (χ3v) is 0. The molecule has 12 heteroatoms. The summed E-state index contributed by atoms with van der Waals surface area (Å²) in [5.41, 5.74) is 0. The Morgan fingerprint density at radius 1 is 0.667 bits per heavy atom. The van der Waals surface area contributed by atoms with Gasteiger partial charge in [0.25, 0.3) is 0 Å². The molecule has 0 aliphatic heterocycles. The van der Waals surface area contributed by atoms with E-state index in [0.717, 1.165) is 0 Å². The molecule has 10 nitrogen and oxygen atoms in total. The predicted molar refractivity (Wildman–Crippen MR) is 20.3 cm³/mol. The van der Waals surface area contributed by atoms with Crippen molar-refractivity contribution in [3.63, 3.8) is 0 Å². The molecule has 0 aromatic rings. The van der Waals surface area contributed by atoms with Crippen molar-refractivity contribution in [1.29, 1.82) is 0 Å². The Morgan fingerprint density at radius 2 is 0.667 bits per heavy atom. The van der Waals surface area contributed by atoms with Gasteiger partial charge in [-0.05, 0) is 0 Å². The quantitative estimate of drug-likeness (QED) is 0.272. The van der Waals surface area contributed by atoms with E-state index in [0.29, 0.717) is 0 Å². The van der Waals surface area contributed by atoms with Crippen LogP contribution in [0.3, 0.4) is 0 Å². The number of rotatable bonds is 0. The van der Waals surface area contributed by atoms with Crippen LogP contribution < -0.4 is 6.15 Å². The molecule has 0 bridgehead atoms. The summed E-state index contributed by atoms with van der Waals surface area (Å²) in [5.74, 6) is 0. The van der Waals surface area contributed by atoms with Gasteiger partial charge in [-0.3, -0.25) is 0 Å². The molecule has 0 atom stereocenters. The third kappa shape index (κ3) is 7950. The van der Waals surface area contributed by atoms with Crippen molar-refractivity contribution in [3.05, 3.63) is 0 Å². The first kappa shape index (κ1) is 22.8. The average Bonchev–Trinajstić information content (AvgIpc) is 1.12. The average molecular weight is 359 g/mol. The monoisotopic (exact) mass is 363 g/mol. The fourth-order valence-electron chi connectivity index (χ4n) is 0. The molecule has 12 heavy (non-hydrogen) atoms. The summed E-state index contributed by atoms with van der Waals surface area (Å²) in [6, 6.07) is 0. The molecule has 0 rings (SSSR count). The SMILES string of the molecule is N.O.[O]=[Mo](=[O])([OH])[OH].[O]=[Mo](=[O])([OH])[OH]. The van der Waals surface area contributed by atoms with Gasteiger partial charge in [-0.2, -0.15) is 0 Å². The summed E-state index contributed by atoms with van der Waals surface area (Å²) < 4.78 is 64.0. The van der Waals surface area contributed by atoms with E-state index in [9.17, 15) is 0 Å². The Hall–Kier alpha value is 0.337. The van der Waals surface area contributed by atoms with Crippen molar-refractivity contribution in [1.82, 2.24) is 6.15 Å². The van der Waals surface area contributed by atoms with E-state index in [1.54, 1.807) is 0 Å². The molecule has 80 valence electrons. The molecule has 0 aliphatic rings. The zero-order valence-corrected chi connectivity index (χ0v) is 9.46. The van der Waals surface area contributed by atoms with E-state index in [4.69, 9.17) is 28.6 Å². The van der Waals surface area contributed by atoms with E-state index in [1.165, 1.54) is 0 Å². The third-order valence-electron chi connectivity index (χ3n) is 0. The minimum absolute atomic E-state index is 0. The van der Waals surface area contributed by atoms with Gasteiger partial charge in [0.2, 0.25) is 0 Å². The van der Waals surface area contributed by atoms with Crippen LogP contribution in [0.15, 0.2) is 0 Å². The van der Waals surface area contributed by atoms with Crippen LogP contribution in [-0.4, -0.2) is 20.5 Å². The maximum atomic E-state index is 8.85. The molecular weight excluding hydrogens is 350 g/mol. The summed E-state index contributed by atoms with van der Waals surface area (Å²) in [4.78, 5) is 0. The van der Waals surface area contributed by atoms with Crippen molar-refractivity contribution in [2.24, 2.45) is 0 Å². The summed E-state index contributed by atoms with van der Waals surface area (Å²) in [6.07, 6.45) is 0. The number of hydrogen-bond donors (Lipinski definition) is 5. The van der Waals surface area contributed by atoms with Crippen LogP contribution in [0.1, 0.15) is 0 Å². The Balaban J connectivity index is -0.0000000457. The number of hydrogen-bond acceptors (Lipinski definition) is 5. The van der Waals surface area contributed by atoms with Gasteiger partial charge in [0.15, 0.2) is 0 Å². The van der Waals surface area contributed by atoms with Gasteiger partial charge in [-0.25, -0.2) is 0 Å². The second-order valence-electron chi connectivity index (χ2n) is 0.896. The van der Waals surface area contributed by atoms with Gasteiger partial charge < -0.3 is 11.6 Å². The molecule has 0 saturated carbocycles. The van der Waals surface area contributed by atoms with Crippen molar-refractivity contribution in [2.75, 3.05) is 0 Å².